The maximum Gasteiger partial charge on any atom is 0.157 e. The van der Waals surface area contributed by atoms with Crippen LogP contribution in [0.2, 0.25) is 4.34 Å². The van der Waals surface area contributed by atoms with E-state index < -0.39 is 0 Å². The van der Waals surface area contributed by atoms with Gasteiger partial charge < -0.3 is 5.32 Å². The summed E-state index contributed by atoms with van der Waals surface area (Å²) in [5.74, 6) is 1.12. The molecular formula is C9H11ClN2S2. The number of aliphatic imine (C=N–C) groups is 1. The first-order valence-corrected chi connectivity index (χ1v) is 6.60. The van der Waals surface area contributed by atoms with Gasteiger partial charge in [0, 0.05) is 16.7 Å². The van der Waals surface area contributed by atoms with E-state index in [-0.39, 0.29) is 0 Å². The summed E-state index contributed by atoms with van der Waals surface area (Å²) in [6.07, 6.45) is 0. The molecule has 1 saturated heterocycles. The van der Waals surface area contributed by atoms with Crippen LogP contribution in [0.5, 0.6) is 0 Å². The van der Waals surface area contributed by atoms with Crippen molar-refractivity contribution in [1.29, 1.82) is 0 Å². The van der Waals surface area contributed by atoms with E-state index in [2.05, 4.69) is 17.2 Å². The minimum absolute atomic E-state index is 0.547. The van der Waals surface area contributed by atoms with Crippen LogP contribution in [0.1, 0.15) is 11.8 Å². The Morgan fingerprint density at radius 2 is 2.50 bits per heavy atom. The van der Waals surface area contributed by atoms with E-state index in [0.717, 1.165) is 21.8 Å². The number of thioether (sulfide) groups is 1. The van der Waals surface area contributed by atoms with E-state index in [1.165, 1.54) is 4.88 Å². The molecule has 0 aliphatic carbocycles. The van der Waals surface area contributed by atoms with E-state index in [1.54, 1.807) is 23.1 Å². The highest BCUT2D eigenvalue weighted by atomic mass is 35.5. The van der Waals surface area contributed by atoms with Crippen LogP contribution in [0.3, 0.4) is 0 Å². The van der Waals surface area contributed by atoms with Gasteiger partial charge in [-0.25, -0.2) is 0 Å². The minimum atomic E-state index is 0.547. The molecule has 0 radical (unpaired) electrons. The molecule has 5 heteroatoms. The zero-order valence-corrected chi connectivity index (χ0v) is 10.2. The summed E-state index contributed by atoms with van der Waals surface area (Å²) in [7, 11) is 0. The first-order valence-electron chi connectivity index (χ1n) is 4.42. The van der Waals surface area contributed by atoms with Gasteiger partial charge in [0.05, 0.1) is 10.9 Å². The predicted molar refractivity (Wildman–Crippen MR) is 65.5 cm³/mol. The molecule has 0 aromatic carbocycles. The van der Waals surface area contributed by atoms with E-state index in [0.29, 0.717) is 6.04 Å². The number of hydrogen-bond acceptors (Lipinski definition) is 3. The molecule has 0 amide bonds. The molecule has 1 aromatic rings. The summed E-state index contributed by atoms with van der Waals surface area (Å²) in [4.78, 5) is 5.69. The zero-order valence-electron chi connectivity index (χ0n) is 7.79. The number of amidine groups is 1. The number of thiophene rings is 1. The standard InChI is InChI=1S/C9H11ClN2S2/c1-6-5-13-9(12-6)11-4-7-2-3-8(10)14-7/h2-3,6H,4-5H2,1H3,(H,11,12). The molecule has 1 unspecified atom stereocenters. The molecule has 1 aliphatic rings. The fourth-order valence-electron chi connectivity index (χ4n) is 1.18. The lowest BCUT2D eigenvalue weighted by molar-refractivity contribution is 0.764. The molecule has 0 bridgehead atoms. The van der Waals surface area contributed by atoms with Gasteiger partial charge in [-0.15, -0.1) is 11.3 Å². The van der Waals surface area contributed by atoms with E-state index in [9.17, 15) is 0 Å². The molecule has 1 aliphatic heterocycles. The summed E-state index contributed by atoms with van der Waals surface area (Å²) in [5.41, 5.74) is 0. The van der Waals surface area contributed by atoms with E-state index in [4.69, 9.17) is 11.6 Å². The van der Waals surface area contributed by atoms with Crippen LogP contribution in [-0.4, -0.2) is 17.0 Å². The molecule has 14 heavy (non-hydrogen) atoms. The summed E-state index contributed by atoms with van der Waals surface area (Å²) >= 11 is 9.21. The number of hydrogen-bond donors (Lipinski definition) is 1. The molecule has 0 saturated carbocycles. The van der Waals surface area contributed by atoms with Crippen molar-refractivity contribution in [3.05, 3.63) is 21.3 Å². The predicted octanol–water partition coefficient (Wildman–Crippen LogP) is 2.98. The van der Waals surface area contributed by atoms with Crippen LogP contribution in [-0.2, 0) is 6.54 Å². The van der Waals surface area contributed by atoms with Crippen molar-refractivity contribution in [2.24, 2.45) is 4.99 Å². The third-order valence-corrected chi connectivity index (χ3v) is 4.25. The van der Waals surface area contributed by atoms with Crippen molar-refractivity contribution >= 4 is 39.9 Å². The summed E-state index contributed by atoms with van der Waals surface area (Å²) < 4.78 is 0.834. The van der Waals surface area contributed by atoms with Gasteiger partial charge >= 0.3 is 0 Å². The monoisotopic (exact) mass is 246 g/mol. The lowest BCUT2D eigenvalue weighted by Crippen LogP contribution is -2.23. The van der Waals surface area contributed by atoms with Gasteiger partial charge in [0.1, 0.15) is 0 Å². The fourth-order valence-corrected chi connectivity index (χ4v) is 3.12. The lowest BCUT2D eigenvalue weighted by atomic mass is 10.4. The van der Waals surface area contributed by atoms with Crippen LogP contribution in [0.4, 0.5) is 0 Å². The first kappa shape index (κ1) is 10.3. The summed E-state index contributed by atoms with van der Waals surface area (Å²) in [6.45, 7) is 2.90. The van der Waals surface area contributed by atoms with Crippen LogP contribution >= 0.6 is 34.7 Å². The second-order valence-corrected chi connectivity index (χ2v) is 5.99. The molecule has 2 heterocycles. The Morgan fingerprint density at radius 1 is 1.64 bits per heavy atom. The van der Waals surface area contributed by atoms with Crippen molar-refractivity contribution in [1.82, 2.24) is 5.32 Å². The Morgan fingerprint density at radius 3 is 3.07 bits per heavy atom. The Balaban J connectivity index is 1.93. The summed E-state index contributed by atoms with van der Waals surface area (Å²) in [6, 6.07) is 4.49. The second kappa shape index (κ2) is 4.55. The average molecular weight is 247 g/mol. The summed E-state index contributed by atoms with van der Waals surface area (Å²) in [5, 5.41) is 4.37. The third-order valence-electron chi connectivity index (χ3n) is 1.85. The largest absolute Gasteiger partial charge is 0.362 e. The molecule has 2 nitrogen and oxygen atoms in total. The minimum Gasteiger partial charge on any atom is -0.362 e. The third kappa shape index (κ3) is 2.65. The van der Waals surface area contributed by atoms with Gasteiger partial charge in [0.15, 0.2) is 5.17 Å². The molecular weight excluding hydrogens is 236 g/mol. The number of nitrogens with one attached hydrogen (secondary N) is 1. The average Bonchev–Trinajstić information content (AvgIpc) is 2.72. The molecule has 1 atom stereocenters. The normalized spacial score (nSPS) is 24.1. The number of halogens is 1. The maximum atomic E-state index is 5.83. The Labute approximate surface area is 96.8 Å². The smallest absolute Gasteiger partial charge is 0.157 e. The number of nitrogens with zero attached hydrogens (tertiary/aromatic N) is 1. The lowest BCUT2D eigenvalue weighted by Gasteiger charge is -1.99. The van der Waals surface area contributed by atoms with Gasteiger partial charge in [-0.05, 0) is 19.1 Å². The fraction of sp³-hybridized carbons (Fsp3) is 0.444. The van der Waals surface area contributed by atoms with Crippen LogP contribution in [0, 0.1) is 0 Å². The van der Waals surface area contributed by atoms with Gasteiger partial charge in [0.2, 0.25) is 0 Å². The SMILES string of the molecule is CC1CSC(=NCc2ccc(Cl)s2)N1. The molecule has 1 N–H and O–H groups in total. The maximum absolute atomic E-state index is 5.83. The highest BCUT2D eigenvalue weighted by molar-refractivity contribution is 8.14. The number of rotatable bonds is 2. The molecule has 76 valence electrons. The van der Waals surface area contributed by atoms with Crippen molar-refractivity contribution in [3.63, 3.8) is 0 Å². The van der Waals surface area contributed by atoms with Gasteiger partial charge in [-0.1, -0.05) is 23.4 Å². The van der Waals surface area contributed by atoms with Crippen molar-refractivity contribution in [3.8, 4) is 0 Å². The van der Waals surface area contributed by atoms with Gasteiger partial charge in [0.25, 0.3) is 0 Å². The van der Waals surface area contributed by atoms with Gasteiger partial charge in [-0.2, -0.15) is 0 Å². The topological polar surface area (TPSA) is 24.4 Å². The first-order chi connectivity index (χ1) is 6.74. The second-order valence-electron chi connectivity index (χ2n) is 3.18. The van der Waals surface area contributed by atoms with Crippen LogP contribution < -0.4 is 5.32 Å². The molecule has 0 spiro atoms. The van der Waals surface area contributed by atoms with E-state index in [1.807, 2.05) is 12.1 Å². The molecule has 2 rings (SSSR count). The van der Waals surface area contributed by atoms with Crippen molar-refractivity contribution in [2.45, 2.75) is 19.5 Å². The highest BCUT2D eigenvalue weighted by Gasteiger charge is 2.14. The van der Waals surface area contributed by atoms with Crippen LogP contribution in [0.15, 0.2) is 17.1 Å². The Hall–Kier alpha value is -0.190. The Bertz CT molecular complexity index is 348. The highest BCUT2D eigenvalue weighted by Crippen LogP contribution is 2.22. The molecule has 1 fully saturated rings. The van der Waals surface area contributed by atoms with Gasteiger partial charge in [-0.3, -0.25) is 4.99 Å². The molecule has 1 aromatic heterocycles. The zero-order chi connectivity index (χ0) is 9.97. The quantitative estimate of drug-likeness (QED) is 0.868. The van der Waals surface area contributed by atoms with E-state index >= 15 is 0 Å². The van der Waals surface area contributed by atoms with Crippen molar-refractivity contribution < 1.29 is 0 Å². The van der Waals surface area contributed by atoms with Crippen LogP contribution in [0.25, 0.3) is 0 Å². The Kier molecular flexibility index (Phi) is 3.36. The van der Waals surface area contributed by atoms with Crippen molar-refractivity contribution in [2.75, 3.05) is 5.75 Å².